The number of rotatable bonds is 3. The van der Waals surface area contributed by atoms with Crippen molar-refractivity contribution >= 4 is 24.0 Å². The summed E-state index contributed by atoms with van der Waals surface area (Å²) in [5.74, 6) is 1.50. The first-order valence-corrected chi connectivity index (χ1v) is 9.29. The van der Waals surface area contributed by atoms with Gasteiger partial charge in [0.15, 0.2) is 0 Å². The van der Waals surface area contributed by atoms with Gasteiger partial charge in [0, 0.05) is 26.2 Å². The Kier molecular flexibility index (Phi) is 6.69. The first kappa shape index (κ1) is 20.7. The Balaban J connectivity index is 0.000000758. The molecule has 1 N–H and O–H groups in total. The van der Waals surface area contributed by atoms with Crippen LogP contribution in [0.3, 0.4) is 0 Å². The van der Waals surface area contributed by atoms with Gasteiger partial charge in [0.1, 0.15) is 5.69 Å². The van der Waals surface area contributed by atoms with Crippen molar-refractivity contribution < 1.29 is 14.7 Å². The minimum absolute atomic E-state index is 0.00719. The van der Waals surface area contributed by atoms with Crippen molar-refractivity contribution in [2.45, 2.75) is 44.7 Å². The molecule has 2 fully saturated rings. The molecule has 1 amide bonds. The van der Waals surface area contributed by atoms with Crippen LogP contribution in [0.25, 0.3) is 0 Å². The van der Waals surface area contributed by atoms with E-state index in [1.54, 1.807) is 11.7 Å². The fourth-order valence-electron chi connectivity index (χ4n) is 4.49. The van der Waals surface area contributed by atoms with E-state index in [1.165, 1.54) is 12.8 Å². The normalized spacial score (nSPS) is 27.0. The molecule has 1 aromatic rings. The Morgan fingerprint density at radius 1 is 1.19 bits per heavy atom. The van der Waals surface area contributed by atoms with Gasteiger partial charge in [-0.05, 0) is 58.5 Å². The summed E-state index contributed by atoms with van der Waals surface area (Å²) in [6.07, 6.45) is 4.76. The lowest BCUT2D eigenvalue weighted by atomic mass is 10.0. The number of amides is 1. The zero-order valence-electron chi connectivity index (χ0n) is 16.1. The molecule has 0 spiro atoms. The Labute approximate surface area is 159 Å². The van der Waals surface area contributed by atoms with Gasteiger partial charge >= 0.3 is 0 Å². The van der Waals surface area contributed by atoms with E-state index in [4.69, 9.17) is 21.5 Å². The van der Waals surface area contributed by atoms with E-state index in [0.29, 0.717) is 28.5 Å². The maximum atomic E-state index is 12.9. The van der Waals surface area contributed by atoms with Gasteiger partial charge < -0.3 is 14.9 Å². The Morgan fingerprint density at radius 3 is 2.04 bits per heavy atom. The maximum Gasteiger partial charge on any atom is 0.290 e. The highest BCUT2D eigenvalue weighted by atomic mass is 35.5. The van der Waals surface area contributed by atoms with Gasteiger partial charge in [0.2, 0.25) is 0 Å². The second kappa shape index (κ2) is 8.39. The summed E-state index contributed by atoms with van der Waals surface area (Å²) in [6.45, 7) is 1.58. The van der Waals surface area contributed by atoms with Crippen LogP contribution in [-0.2, 0) is 11.8 Å². The summed E-state index contributed by atoms with van der Waals surface area (Å²) < 4.78 is 1.61. The number of aryl methyl sites for hydroxylation is 2. The lowest BCUT2D eigenvalue weighted by Crippen LogP contribution is -2.37. The molecular weight excluding hydrogens is 356 g/mol. The van der Waals surface area contributed by atoms with Gasteiger partial charge in [-0.15, -0.1) is 0 Å². The number of carbonyl (C=O) groups excluding carboxylic acids is 1. The largest absolute Gasteiger partial charge is 0.483 e. The zero-order chi connectivity index (χ0) is 19.6. The van der Waals surface area contributed by atoms with Crippen molar-refractivity contribution in [2.24, 2.45) is 18.9 Å². The molecule has 0 radical (unpaired) electrons. The molecule has 146 valence electrons. The zero-order valence-corrected chi connectivity index (χ0v) is 16.9. The van der Waals surface area contributed by atoms with Gasteiger partial charge in [-0.25, -0.2) is 0 Å². The minimum atomic E-state index is -0.250. The van der Waals surface area contributed by atoms with E-state index < -0.39 is 0 Å². The van der Waals surface area contributed by atoms with Crippen LogP contribution in [0.1, 0.15) is 41.9 Å². The van der Waals surface area contributed by atoms with Gasteiger partial charge in [-0.2, -0.15) is 5.10 Å². The molecule has 1 heterocycles. The predicted octanol–water partition coefficient (Wildman–Crippen LogP) is 2.27. The molecule has 2 aliphatic carbocycles. The molecular formula is C18H29ClN4O3. The van der Waals surface area contributed by atoms with Crippen LogP contribution in [0.5, 0.6) is 0 Å². The Hall–Kier alpha value is -1.60. The molecule has 2 saturated carbocycles. The number of carboxylic acid groups (broad SMARTS) is 1. The van der Waals surface area contributed by atoms with Crippen LogP contribution in [0, 0.1) is 18.8 Å². The highest BCUT2D eigenvalue weighted by Gasteiger charge is 2.44. The molecule has 26 heavy (non-hydrogen) atoms. The quantitative estimate of drug-likeness (QED) is 0.809. The van der Waals surface area contributed by atoms with E-state index >= 15 is 0 Å². The summed E-state index contributed by atoms with van der Waals surface area (Å²) in [4.78, 5) is 25.5. The Morgan fingerprint density at radius 2 is 1.65 bits per heavy atom. The van der Waals surface area contributed by atoms with E-state index in [0.717, 1.165) is 24.7 Å². The molecule has 2 aliphatic rings. The van der Waals surface area contributed by atoms with Crippen molar-refractivity contribution in [3.8, 4) is 0 Å². The van der Waals surface area contributed by atoms with Gasteiger partial charge in [0.25, 0.3) is 12.4 Å². The minimum Gasteiger partial charge on any atom is -0.483 e. The van der Waals surface area contributed by atoms with Crippen LogP contribution in [0.4, 0.5) is 0 Å². The van der Waals surface area contributed by atoms with Gasteiger partial charge in [0.05, 0.1) is 10.7 Å². The standard InChI is InChI=1S/C17H27ClN4O.CH2O2/c1-10-15(18)16(22(5)19-10)17(23)21(4)14-8-11-6-13(20(2)3)7-12(11)9-14;2-1-3/h11-14H,6-9H2,1-5H3;1H,(H,2,3)/t11-,12+,13?,14?;. The van der Waals surface area contributed by atoms with Crippen LogP contribution < -0.4 is 0 Å². The number of halogens is 1. The molecule has 7 nitrogen and oxygen atoms in total. The lowest BCUT2D eigenvalue weighted by Gasteiger charge is -2.27. The summed E-state index contributed by atoms with van der Waals surface area (Å²) in [5.41, 5.74) is 1.22. The molecule has 4 atom stereocenters. The third-order valence-electron chi connectivity index (χ3n) is 5.92. The van der Waals surface area contributed by atoms with Crippen LogP contribution in [0.2, 0.25) is 5.02 Å². The number of hydrogen-bond donors (Lipinski definition) is 1. The SMILES string of the molecule is Cc1nn(C)c(C(=O)N(C)C2C[C@H]3CC(N(C)C)C[C@H]3C2)c1Cl.O=CO. The highest BCUT2D eigenvalue weighted by molar-refractivity contribution is 6.34. The first-order valence-electron chi connectivity index (χ1n) is 8.91. The molecule has 0 aromatic carbocycles. The van der Waals surface area contributed by atoms with Crippen molar-refractivity contribution in [2.75, 3.05) is 21.1 Å². The fourth-order valence-corrected chi connectivity index (χ4v) is 4.73. The topological polar surface area (TPSA) is 78.7 Å². The molecule has 1 aromatic heterocycles. The van der Waals surface area contributed by atoms with E-state index in [-0.39, 0.29) is 12.4 Å². The fraction of sp³-hybridized carbons (Fsp3) is 0.722. The first-order chi connectivity index (χ1) is 12.2. The Bertz CT molecular complexity index is 647. The number of aromatic nitrogens is 2. The molecule has 0 aliphatic heterocycles. The summed E-state index contributed by atoms with van der Waals surface area (Å²) in [6, 6.07) is 1.04. The van der Waals surface area contributed by atoms with Crippen molar-refractivity contribution in [1.29, 1.82) is 0 Å². The van der Waals surface area contributed by atoms with Crippen LogP contribution in [0.15, 0.2) is 0 Å². The smallest absolute Gasteiger partial charge is 0.290 e. The van der Waals surface area contributed by atoms with Crippen molar-refractivity contribution in [1.82, 2.24) is 19.6 Å². The van der Waals surface area contributed by atoms with Crippen LogP contribution >= 0.6 is 11.6 Å². The molecule has 0 bridgehead atoms. The number of carbonyl (C=O) groups is 2. The van der Waals surface area contributed by atoms with E-state index in [9.17, 15) is 4.79 Å². The molecule has 0 saturated heterocycles. The third kappa shape index (κ3) is 4.04. The number of nitrogens with zero attached hydrogens (tertiary/aromatic N) is 4. The van der Waals surface area contributed by atoms with Gasteiger partial charge in [-0.1, -0.05) is 11.6 Å². The summed E-state index contributed by atoms with van der Waals surface area (Å²) in [5, 5.41) is 11.6. The monoisotopic (exact) mass is 384 g/mol. The predicted molar refractivity (Wildman–Crippen MR) is 100 cm³/mol. The second-order valence-electron chi connectivity index (χ2n) is 7.63. The second-order valence-corrected chi connectivity index (χ2v) is 8.01. The molecule has 2 unspecified atom stereocenters. The van der Waals surface area contributed by atoms with E-state index in [2.05, 4.69) is 24.1 Å². The summed E-state index contributed by atoms with van der Waals surface area (Å²) >= 11 is 6.27. The lowest BCUT2D eigenvalue weighted by molar-refractivity contribution is -0.122. The maximum absolute atomic E-state index is 12.9. The number of fused-ring (bicyclic) bond motifs is 1. The highest BCUT2D eigenvalue weighted by Crippen LogP contribution is 2.46. The molecule has 8 heteroatoms. The summed E-state index contributed by atoms with van der Waals surface area (Å²) in [7, 11) is 8.04. The van der Waals surface area contributed by atoms with Gasteiger partial charge in [-0.3, -0.25) is 14.3 Å². The van der Waals surface area contributed by atoms with Crippen LogP contribution in [-0.4, -0.2) is 70.3 Å². The van der Waals surface area contributed by atoms with Crippen molar-refractivity contribution in [3.05, 3.63) is 16.4 Å². The average Bonchev–Trinajstić information content (AvgIpc) is 3.19. The number of hydrogen-bond acceptors (Lipinski definition) is 4. The van der Waals surface area contributed by atoms with E-state index in [1.807, 2.05) is 18.9 Å². The van der Waals surface area contributed by atoms with Crippen molar-refractivity contribution in [3.63, 3.8) is 0 Å². The average molecular weight is 385 g/mol. The third-order valence-corrected chi connectivity index (χ3v) is 6.37. The molecule has 3 rings (SSSR count).